The highest BCUT2D eigenvalue weighted by molar-refractivity contribution is 5.78. The van der Waals surface area contributed by atoms with Crippen molar-refractivity contribution in [2.45, 2.75) is 6.92 Å². The van der Waals surface area contributed by atoms with Crippen molar-refractivity contribution in [3.63, 3.8) is 0 Å². The summed E-state index contributed by atoms with van der Waals surface area (Å²) < 4.78 is 9.11. The Kier molecular flexibility index (Phi) is 3.08. The summed E-state index contributed by atoms with van der Waals surface area (Å²) in [6.07, 6.45) is 3.73. The third-order valence-electron chi connectivity index (χ3n) is 3.81. The summed E-state index contributed by atoms with van der Waals surface area (Å²) in [7, 11) is 1.66. The minimum atomic E-state index is 0.686. The molecule has 2 aromatic carbocycles. The van der Waals surface area contributed by atoms with Crippen LogP contribution in [0.25, 0.3) is 5.69 Å². The number of methoxy groups -OCH3 is 1. The van der Waals surface area contributed by atoms with Crippen LogP contribution < -0.4 is 10.2 Å². The standard InChI is InChI=1S/C17H16N5O/c1-12-3-8-15-16(9-12)22(20-17-19-18-11-21(15)17)10-13-4-6-14(23-2)7-5-13/h3-11H,1-2H3,(H,19,20)/q+1/b22-10-. The summed E-state index contributed by atoms with van der Waals surface area (Å²) >= 11 is 0. The maximum absolute atomic E-state index is 5.20. The van der Waals surface area contributed by atoms with E-state index in [4.69, 9.17) is 4.74 Å². The number of benzene rings is 2. The fourth-order valence-electron chi connectivity index (χ4n) is 2.63. The molecule has 114 valence electrons. The topological polar surface area (TPSA) is 55.0 Å². The number of hydrogen-bond acceptors (Lipinski definition) is 4. The first-order valence-electron chi connectivity index (χ1n) is 7.30. The molecule has 6 heteroatoms. The van der Waals surface area contributed by atoms with Gasteiger partial charge in [-0.2, -0.15) is 0 Å². The maximum atomic E-state index is 5.20. The third-order valence-corrected chi connectivity index (χ3v) is 3.81. The molecule has 0 saturated heterocycles. The van der Waals surface area contributed by atoms with Crippen molar-refractivity contribution in [3.05, 3.63) is 59.9 Å². The van der Waals surface area contributed by atoms with Crippen LogP contribution in [0.2, 0.25) is 0 Å². The second kappa shape index (κ2) is 5.24. The third kappa shape index (κ3) is 2.34. The van der Waals surface area contributed by atoms with Crippen LogP contribution in [0.1, 0.15) is 11.1 Å². The Labute approximate surface area is 133 Å². The molecule has 0 saturated carbocycles. The number of fused-ring (bicyclic) bond motifs is 3. The Balaban J connectivity index is 1.83. The van der Waals surface area contributed by atoms with Crippen molar-refractivity contribution in [1.29, 1.82) is 0 Å². The molecule has 1 aromatic heterocycles. The predicted octanol–water partition coefficient (Wildman–Crippen LogP) is 2.69. The van der Waals surface area contributed by atoms with Gasteiger partial charge >= 0.3 is 0 Å². The van der Waals surface area contributed by atoms with Crippen LogP contribution in [0, 0.1) is 6.92 Å². The van der Waals surface area contributed by atoms with Gasteiger partial charge in [-0.05, 0) is 42.8 Å². The summed E-state index contributed by atoms with van der Waals surface area (Å²) in [5, 5.41) is 8.10. The number of hydrazone groups is 1. The predicted molar refractivity (Wildman–Crippen MR) is 87.8 cm³/mol. The van der Waals surface area contributed by atoms with Crippen molar-refractivity contribution < 1.29 is 9.42 Å². The van der Waals surface area contributed by atoms with Gasteiger partial charge in [0.1, 0.15) is 17.8 Å². The molecule has 6 nitrogen and oxygen atoms in total. The summed E-state index contributed by atoms with van der Waals surface area (Å²) in [6.45, 7) is 2.08. The van der Waals surface area contributed by atoms with E-state index in [1.807, 2.05) is 39.7 Å². The SMILES string of the molecule is COc1ccc(/C=[N+]2\Nc3nncn3-c3ccc(C)cc32)cc1. The fraction of sp³-hybridized carbons (Fsp3) is 0.118. The van der Waals surface area contributed by atoms with E-state index < -0.39 is 0 Å². The molecular weight excluding hydrogens is 290 g/mol. The molecule has 0 fully saturated rings. The molecule has 23 heavy (non-hydrogen) atoms. The van der Waals surface area contributed by atoms with E-state index >= 15 is 0 Å². The Morgan fingerprint density at radius 1 is 1.17 bits per heavy atom. The lowest BCUT2D eigenvalue weighted by Crippen LogP contribution is -2.24. The van der Waals surface area contributed by atoms with Gasteiger partial charge in [-0.25, -0.2) is 0 Å². The van der Waals surface area contributed by atoms with Crippen LogP contribution in [0.15, 0.2) is 48.8 Å². The Morgan fingerprint density at radius 2 is 2.00 bits per heavy atom. The van der Waals surface area contributed by atoms with Crippen LogP contribution >= 0.6 is 0 Å². The summed E-state index contributed by atoms with van der Waals surface area (Å²) in [4.78, 5) is 0. The molecule has 1 N–H and O–H groups in total. The van der Waals surface area contributed by atoms with Crippen LogP contribution in [0.3, 0.4) is 0 Å². The zero-order valence-corrected chi connectivity index (χ0v) is 12.9. The first-order chi connectivity index (χ1) is 11.2. The normalized spacial score (nSPS) is 14.1. The van der Waals surface area contributed by atoms with E-state index in [-0.39, 0.29) is 0 Å². The lowest BCUT2D eigenvalue weighted by molar-refractivity contribution is -0.402. The molecular formula is C17H16N5O+. The van der Waals surface area contributed by atoms with Gasteiger partial charge in [0, 0.05) is 11.6 Å². The van der Waals surface area contributed by atoms with Gasteiger partial charge in [0.15, 0.2) is 0 Å². The molecule has 0 unspecified atom stereocenters. The molecule has 0 aliphatic carbocycles. The quantitative estimate of drug-likeness (QED) is 0.740. The molecule has 0 atom stereocenters. The number of nitrogens with one attached hydrogen (secondary N) is 1. The van der Waals surface area contributed by atoms with Crippen LogP contribution in [-0.2, 0) is 0 Å². The molecule has 0 radical (unpaired) electrons. The van der Waals surface area contributed by atoms with Crippen LogP contribution in [0.5, 0.6) is 5.75 Å². The fourth-order valence-corrected chi connectivity index (χ4v) is 2.63. The lowest BCUT2D eigenvalue weighted by atomic mass is 10.1. The number of aromatic nitrogens is 3. The van der Waals surface area contributed by atoms with Gasteiger partial charge in [-0.3, -0.25) is 4.57 Å². The van der Waals surface area contributed by atoms with E-state index in [1.165, 1.54) is 5.56 Å². The first-order valence-corrected chi connectivity index (χ1v) is 7.30. The van der Waals surface area contributed by atoms with Crippen molar-refractivity contribution in [2.75, 3.05) is 12.5 Å². The molecule has 1 aliphatic heterocycles. The molecule has 3 aromatic rings. The molecule has 1 aliphatic rings. The zero-order chi connectivity index (χ0) is 15.8. The van der Waals surface area contributed by atoms with E-state index in [2.05, 4.69) is 40.7 Å². The monoisotopic (exact) mass is 306 g/mol. The Bertz CT molecular complexity index is 896. The summed E-state index contributed by atoms with van der Waals surface area (Å²) in [5.74, 6) is 1.52. The number of anilines is 1. The second-order valence-corrected chi connectivity index (χ2v) is 5.40. The largest absolute Gasteiger partial charge is 0.497 e. The summed E-state index contributed by atoms with van der Waals surface area (Å²) in [6, 6.07) is 14.2. The van der Waals surface area contributed by atoms with E-state index in [0.717, 1.165) is 22.7 Å². The average molecular weight is 306 g/mol. The number of aryl methyl sites for hydroxylation is 1. The number of hydrazine groups is 1. The smallest absolute Gasteiger partial charge is 0.284 e. The number of hydrogen-bond donors (Lipinski definition) is 1. The van der Waals surface area contributed by atoms with Crippen molar-refractivity contribution in [2.24, 2.45) is 0 Å². The minimum Gasteiger partial charge on any atom is -0.497 e. The molecule has 0 amide bonds. The highest BCUT2D eigenvalue weighted by Gasteiger charge is 2.27. The highest BCUT2D eigenvalue weighted by atomic mass is 16.5. The van der Waals surface area contributed by atoms with Gasteiger partial charge < -0.3 is 4.74 Å². The van der Waals surface area contributed by atoms with Crippen molar-refractivity contribution in [3.8, 4) is 11.4 Å². The van der Waals surface area contributed by atoms with Gasteiger partial charge in [0.2, 0.25) is 6.21 Å². The van der Waals surface area contributed by atoms with Gasteiger partial charge in [0.25, 0.3) is 11.6 Å². The minimum absolute atomic E-state index is 0.686. The molecule has 0 bridgehead atoms. The number of nitrogens with zero attached hydrogens (tertiary/aromatic N) is 4. The number of ether oxygens (including phenoxy) is 1. The molecule has 2 heterocycles. The van der Waals surface area contributed by atoms with Gasteiger partial charge in [0.05, 0.1) is 7.11 Å². The zero-order valence-electron chi connectivity index (χ0n) is 12.9. The average Bonchev–Trinajstić information content (AvgIpc) is 3.04. The van der Waals surface area contributed by atoms with E-state index in [0.29, 0.717) is 5.95 Å². The van der Waals surface area contributed by atoms with Crippen molar-refractivity contribution >= 4 is 17.9 Å². The maximum Gasteiger partial charge on any atom is 0.284 e. The van der Waals surface area contributed by atoms with Crippen LogP contribution in [-0.4, -0.2) is 32.8 Å². The summed E-state index contributed by atoms with van der Waals surface area (Å²) in [5.41, 5.74) is 7.61. The highest BCUT2D eigenvalue weighted by Crippen LogP contribution is 2.30. The van der Waals surface area contributed by atoms with Gasteiger partial charge in [-0.15, -0.1) is 15.6 Å². The van der Waals surface area contributed by atoms with Crippen molar-refractivity contribution in [1.82, 2.24) is 14.8 Å². The first kappa shape index (κ1) is 13.5. The molecule has 0 spiro atoms. The molecule has 4 rings (SSSR count). The lowest BCUT2D eigenvalue weighted by Gasteiger charge is -2.16. The Morgan fingerprint density at radius 3 is 2.78 bits per heavy atom. The van der Waals surface area contributed by atoms with Crippen LogP contribution in [0.4, 0.5) is 11.6 Å². The Hall–Kier alpha value is -3.15. The van der Waals surface area contributed by atoms with E-state index in [9.17, 15) is 0 Å². The van der Waals surface area contributed by atoms with E-state index in [1.54, 1.807) is 13.4 Å². The second-order valence-electron chi connectivity index (χ2n) is 5.40. The van der Waals surface area contributed by atoms with Gasteiger partial charge in [-0.1, -0.05) is 10.8 Å². The number of rotatable bonds is 2.